The summed E-state index contributed by atoms with van der Waals surface area (Å²) in [5, 5.41) is 17.1. The van der Waals surface area contributed by atoms with Gasteiger partial charge < -0.3 is 24.8 Å². The molecule has 10 nitrogen and oxygen atoms in total. The Kier molecular flexibility index (Phi) is 6.87. The Hall–Kier alpha value is -4.60. The minimum Gasteiger partial charge on any atom is -0.486 e. The van der Waals surface area contributed by atoms with Gasteiger partial charge in [-0.15, -0.1) is 0 Å². The van der Waals surface area contributed by atoms with Crippen LogP contribution in [0.1, 0.15) is 15.9 Å². The number of benzene rings is 3. The topological polar surface area (TPSA) is 129 Å². The molecule has 0 spiro atoms. The molecule has 0 aliphatic carbocycles. The average molecular weight is 463 g/mol. The molecule has 0 unspecified atom stereocenters. The number of hydrogen-bond donors (Lipinski definition) is 2. The lowest BCUT2D eigenvalue weighted by Gasteiger charge is -2.19. The molecule has 0 saturated heterocycles. The quantitative estimate of drug-likeness (QED) is 0.293. The standard InChI is InChI=1S/C24H21N3O7/c28-23(26-18-7-9-21-22(13-18)33-11-10-32-21)15-34-24(29)17-6-8-19(20(12-17)27(30)31)25-14-16-4-2-1-3-5-16/h1-9,12-13,25H,10-11,14-15H2,(H,26,28). The molecule has 1 aliphatic rings. The van der Waals surface area contributed by atoms with Crippen LogP contribution in [0.4, 0.5) is 17.1 Å². The Morgan fingerprint density at radius 3 is 2.50 bits per heavy atom. The van der Waals surface area contributed by atoms with E-state index in [4.69, 9.17) is 14.2 Å². The second kappa shape index (κ2) is 10.3. The van der Waals surface area contributed by atoms with Crippen molar-refractivity contribution in [1.82, 2.24) is 0 Å². The number of hydrogen-bond acceptors (Lipinski definition) is 8. The molecule has 4 rings (SSSR count). The first-order valence-corrected chi connectivity index (χ1v) is 10.4. The number of anilines is 2. The van der Waals surface area contributed by atoms with E-state index in [0.717, 1.165) is 11.6 Å². The summed E-state index contributed by atoms with van der Waals surface area (Å²) >= 11 is 0. The van der Waals surface area contributed by atoms with Gasteiger partial charge in [0.2, 0.25) is 0 Å². The fourth-order valence-electron chi connectivity index (χ4n) is 3.28. The van der Waals surface area contributed by atoms with Gasteiger partial charge in [-0.3, -0.25) is 14.9 Å². The normalized spacial score (nSPS) is 11.9. The number of rotatable bonds is 8. The summed E-state index contributed by atoms with van der Waals surface area (Å²) in [6.07, 6.45) is 0. The van der Waals surface area contributed by atoms with Gasteiger partial charge >= 0.3 is 5.97 Å². The van der Waals surface area contributed by atoms with Crippen molar-refractivity contribution in [1.29, 1.82) is 0 Å². The van der Waals surface area contributed by atoms with E-state index in [1.165, 1.54) is 12.1 Å². The van der Waals surface area contributed by atoms with E-state index in [2.05, 4.69) is 10.6 Å². The maximum Gasteiger partial charge on any atom is 0.338 e. The summed E-state index contributed by atoms with van der Waals surface area (Å²) in [6.45, 7) is 0.687. The SMILES string of the molecule is O=C(COC(=O)c1ccc(NCc2ccccc2)c([N+](=O)[O-])c1)Nc1ccc2c(c1)OCCO2. The van der Waals surface area contributed by atoms with Crippen LogP contribution < -0.4 is 20.1 Å². The van der Waals surface area contributed by atoms with Gasteiger partial charge in [-0.25, -0.2) is 4.79 Å². The minimum absolute atomic E-state index is 0.0379. The highest BCUT2D eigenvalue weighted by molar-refractivity contribution is 5.96. The van der Waals surface area contributed by atoms with Gasteiger partial charge in [0.1, 0.15) is 18.9 Å². The van der Waals surface area contributed by atoms with Crippen LogP contribution in [-0.2, 0) is 16.1 Å². The highest BCUT2D eigenvalue weighted by Crippen LogP contribution is 2.32. The molecular weight excluding hydrogens is 442 g/mol. The predicted molar refractivity (Wildman–Crippen MR) is 123 cm³/mol. The van der Waals surface area contributed by atoms with Crippen molar-refractivity contribution >= 4 is 28.9 Å². The van der Waals surface area contributed by atoms with Gasteiger partial charge in [-0.1, -0.05) is 30.3 Å². The summed E-state index contributed by atoms with van der Waals surface area (Å²) < 4.78 is 15.9. The van der Waals surface area contributed by atoms with Crippen LogP contribution in [0.25, 0.3) is 0 Å². The van der Waals surface area contributed by atoms with Crippen LogP contribution in [0.2, 0.25) is 0 Å². The first-order valence-electron chi connectivity index (χ1n) is 10.4. The predicted octanol–water partition coefficient (Wildman–Crippen LogP) is 3.77. The van der Waals surface area contributed by atoms with Gasteiger partial charge in [-0.05, 0) is 29.8 Å². The lowest BCUT2D eigenvalue weighted by atomic mass is 10.1. The van der Waals surface area contributed by atoms with Crippen LogP contribution in [0.3, 0.4) is 0 Å². The zero-order chi connectivity index (χ0) is 23.9. The van der Waals surface area contributed by atoms with Gasteiger partial charge in [0.15, 0.2) is 18.1 Å². The van der Waals surface area contributed by atoms with Crippen molar-refractivity contribution in [2.24, 2.45) is 0 Å². The Balaban J connectivity index is 1.35. The number of esters is 1. The Morgan fingerprint density at radius 2 is 1.74 bits per heavy atom. The number of amides is 1. The molecule has 3 aromatic rings. The van der Waals surface area contributed by atoms with E-state index in [-0.39, 0.29) is 16.9 Å². The molecule has 2 N–H and O–H groups in total. The number of nitrogens with zero attached hydrogens (tertiary/aromatic N) is 1. The summed E-state index contributed by atoms with van der Waals surface area (Å²) in [5.74, 6) is -0.330. The van der Waals surface area contributed by atoms with Crippen molar-refractivity contribution < 1.29 is 28.7 Å². The molecule has 1 heterocycles. The molecule has 0 atom stereocenters. The van der Waals surface area contributed by atoms with Gasteiger partial charge in [-0.2, -0.15) is 0 Å². The van der Waals surface area contributed by atoms with Crippen LogP contribution in [0.15, 0.2) is 66.7 Å². The highest BCUT2D eigenvalue weighted by atomic mass is 16.6. The lowest BCUT2D eigenvalue weighted by molar-refractivity contribution is -0.384. The summed E-state index contributed by atoms with van der Waals surface area (Å²) in [5.41, 5.74) is 1.36. The summed E-state index contributed by atoms with van der Waals surface area (Å²) in [7, 11) is 0. The first-order chi connectivity index (χ1) is 16.5. The molecule has 1 aliphatic heterocycles. The molecule has 0 saturated carbocycles. The van der Waals surface area contributed by atoms with Crippen molar-refractivity contribution in [2.75, 3.05) is 30.5 Å². The molecule has 0 aromatic heterocycles. The molecule has 1 amide bonds. The second-order valence-corrected chi connectivity index (χ2v) is 7.31. The maximum absolute atomic E-state index is 12.4. The first kappa shape index (κ1) is 22.6. The van der Waals surface area contributed by atoms with Crippen LogP contribution in [0, 0.1) is 10.1 Å². The highest BCUT2D eigenvalue weighted by Gasteiger charge is 2.19. The molecule has 3 aromatic carbocycles. The Bertz CT molecular complexity index is 1210. The average Bonchev–Trinajstić information content (AvgIpc) is 2.86. The van der Waals surface area contributed by atoms with Gasteiger partial charge in [0, 0.05) is 24.4 Å². The Labute approximate surface area is 194 Å². The largest absolute Gasteiger partial charge is 0.486 e. The zero-order valence-electron chi connectivity index (χ0n) is 18.0. The van der Waals surface area contributed by atoms with Crippen LogP contribution in [0.5, 0.6) is 11.5 Å². The number of nitro groups is 1. The van der Waals surface area contributed by atoms with Crippen molar-refractivity contribution in [3.63, 3.8) is 0 Å². The number of carbonyl (C=O) groups excluding carboxylic acids is 2. The number of nitrogens with one attached hydrogen (secondary N) is 2. The number of fused-ring (bicyclic) bond motifs is 1. The third-order valence-electron chi connectivity index (χ3n) is 4.92. The van der Waals surface area contributed by atoms with Gasteiger partial charge in [0.25, 0.3) is 11.6 Å². The maximum atomic E-state index is 12.4. The third kappa shape index (κ3) is 5.60. The number of nitro benzene ring substituents is 1. The van der Waals surface area contributed by atoms with E-state index in [1.54, 1.807) is 18.2 Å². The fourth-order valence-corrected chi connectivity index (χ4v) is 3.28. The van der Waals surface area contributed by atoms with Crippen LogP contribution in [-0.4, -0.2) is 36.6 Å². The Morgan fingerprint density at radius 1 is 0.971 bits per heavy atom. The second-order valence-electron chi connectivity index (χ2n) is 7.31. The monoisotopic (exact) mass is 463 g/mol. The fraction of sp³-hybridized carbons (Fsp3) is 0.167. The van der Waals surface area contributed by atoms with Gasteiger partial charge in [0.05, 0.1) is 10.5 Å². The lowest BCUT2D eigenvalue weighted by Crippen LogP contribution is -2.21. The number of carbonyl (C=O) groups is 2. The zero-order valence-corrected chi connectivity index (χ0v) is 18.0. The van der Waals surface area contributed by atoms with Crippen molar-refractivity contribution in [2.45, 2.75) is 6.54 Å². The van der Waals surface area contributed by atoms with Crippen molar-refractivity contribution in [3.05, 3.63) is 88.0 Å². The van der Waals surface area contributed by atoms with E-state index >= 15 is 0 Å². The smallest absolute Gasteiger partial charge is 0.338 e. The van der Waals surface area contributed by atoms with Crippen LogP contribution >= 0.6 is 0 Å². The van der Waals surface area contributed by atoms with E-state index in [9.17, 15) is 19.7 Å². The summed E-state index contributed by atoms with van der Waals surface area (Å²) in [6, 6.07) is 18.3. The molecule has 10 heteroatoms. The van der Waals surface area contributed by atoms with E-state index < -0.39 is 23.4 Å². The van der Waals surface area contributed by atoms with E-state index in [1.807, 2.05) is 30.3 Å². The molecular formula is C24H21N3O7. The van der Waals surface area contributed by atoms with Crippen molar-refractivity contribution in [3.8, 4) is 11.5 Å². The number of ether oxygens (including phenoxy) is 3. The molecule has 0 fully saturated rings. The van der Waals surface area contributed by atoms with E-state index in [0.29, 0.717) is 36.9 Å². The third-order valence-corrected chi connectivity index (χ3v) is 4.92. The molecule has 174 valence electrons. The molecule has 0 radical (unpaired) electrons. The molecule has 0 bridgehead atoms. The molecule has 34 heavy (non-hydrogen) atoms. The summed E-state index contributed by atoms with van der Waals surface area (Å²) in [4.78, 5) is 35.5. The minimum atomic E-state index is -0.852.